The molecule has 2 N–H and O–H groups in total. The van der Waals surface area contributed by atoms with Gasteiger partial charge in [-0.2, -0.15) is 0 Å². The summed E-state index contributed by atoms with van der Waals surface area (Å²) in [7, 11) is 0. The summed E-state index contributed by atoms with van der Waals surface area (Å²) < 4.78 is 41.9. The predicted octanol–water partition coefficient (Wildman–Crippen LogP) is 2.53. The number of primary amides is 1. The summed E-state index contributed by atoms with van der Waals surface area (Å²) in [4.78, 5) is 27.7. The summed E-state index contributed by atoms with van der Waals surface area (Å²) in [5.74, 6) is -3.12. The van der Waals surface area contributed by atoms with Crippen molar-refractivity contribution in [2.75, 3.05) is 0 Å². The lowest BCUT2D eigenvalue weighted by atomic mass is 10.0. The second kappa shape index (κ2) is 6.11. The van der Waals surface area contributed by atoms with Crippen LogP contribution in [0.3, 0.4) is 0 Å². The van der Waals surface area contributed by atoms with E-state index in [1.54, 1.807) is 0 Å². The number of carbonyl (C=O) groups excluding carboxylic acids is 1. The first-order valence-electron chi connectivity index (χ1n) is 8.01. The Morgan fingerprint density at radius 2 is 1.74 bits per heavy atom. The van der Waals surface area contributed by atoms with Gasteiger partial charge >= 0.3 is 0 Å². The minimum Gasteiger partial charge on any atom is -0.369 e. The average molecular weight is 371 g/mol. The third kappa shape index (κ3) is 2.80. The first-order chi connectivity index (χ1) is 12.9. The van der Waals surface area contributed by atoms with Crippen molar-refractivity contribution in [3.05, 3.63) is 60.1 Å². The number of nitrogens with two attached hydrogens (primary N) is 1. The molecule has 1 aliphatic rings. The maximum Gasteiger partial charge on any atom is 0.229 e. The van der Waals surface area contributed by atoms with Gasteiger partial charge in [0, 0.05) is 17.8 Å². The Labute approximate surface area is 151 Å². The van der Waals surface area contributed by atoms with Crippen LogP contribution in [0.1, 0.15) is 18.5 Å². The van der Waals surface area contributed by atoms with Crippen molar-refractivity contribution in [1.82, 2.24) is 19.9 Å². The Morgan fingerprint density at radius 1 is 1.00 bits per heavy atom. The molecule has 0 bridgehead atoms. The third-order valence-electron chi connectivity index (χ3n) is 4.54. The smallest absolute Gasteiger partial charge is 0.229 e. The number of hydrogen-bond donors (Lipinski definition) is 1. The van der Waals surface area contributed by atoms with Gasteiger partial charge in [-0.1, -0.05) is 0 Å². The highest BCUT2D eigenvalue weighted by Crippen LogP contribution is 2.47. The van der Waals surface area contributed by atoms with E-state index in [-0.39, 0.29) is 28.3 Å². The van der Waals surface area contributed by atoms with Crippen LogP contribution >= 0.6 is 0 Å². The summed E-state index contributed by atoms with van der Waals surface area (Å²) in [6, 6.07) is 2.00. The SMILES string of the molecule is NC(=O)C1(c2cnc(-c3ccncc3F)c(-c3ncc(F)cc3F)n2)CC1. The van der Waals surface area contributed by atoms with E-state index in [4.69, 9.17) is 5.73 Å². The van der Waals surface area contributed by atoms with Gasteiger partial charge in [-0.05, 0) is 18.9 Å². The number of amides is 1. The van der Waals surface area contributed by atoms with E-state index in [2.05, 4.69) is 19.9 Å². The molecule has 1 amide bonds. The van der Waals surface area contributed by atoms with Crippen LogP contribution in [0.15, 0.2) is 36.9 Å². The van der Waals surface area contributed by atoms with Crippen molar-refractivity contribution < 1.29 is 18.0 Å². The van der Waals surface area contributed by atoms with E-state index < -0.39 is 28.8 Å². The van der Waals surface area contributed by atoms with Crippen LogP contribution in [0, 0.1) is 17.5 Å². The minimum absolute atomic E-state index is 0.00284. The molecule has 3 aromatic rings. The Balaban J connectivity index is 1.97. The molecule has 27 heavy (non-hydrogen) atoms. The number of pyridine rings is 2. The minimum atomic E-state index is -0.985. The highest BCUT2D eigenvalue weighted by atomic mass is 19.1. The highest BCUT2D eigenvalue weighted by molar-refractivity contribution is 5.89. The zero-order valence-corrected chi connectivity index (χ0v) is 13.8. The monoisotopic (exact) mass is 371 g/mol. The molecule has 0 atom stereocenters. The summed E-state index contributed by atoms with van der Waals surface area (Å²) >= 11 is 0. The maximum absolute atomic E-state index is 14.4. The molecule has 136 valence electrons. The largest absolute Gasteiger partial charge is 0.369 e. The zero-order chi connectivity index (χ0) is 19.2. The summed E-state index contributed by atoms with van der Waals surface area (Å²) in [6.45, 7) is 0. The summed E-state index contributed by atoms with van der Waals surface area (Å²) in [5, 5.41) is 0. The number of halogens is 3. The van der Waals surface area contributed by atoms with Gasteiger partial charge in [0.05, 0.1) is 29.7 Å². The van der Waals surface area contributed by atoms with Crippen molar-refractivity contribution in [3.63, 3.8) is 0 Å². The Morgan fingerprint density at radius 3 is 2.37 bits per heavy atom. The van der Waals surface area contributed by atoms with Gasteiger partial charge in [-0.15, -0.1) is 0 Å². The van der Waals surface area contributed by atoms with Gasteiger partial charge in [-0.25, -0.2) is 23.1 Å². The molecule has 1 aliphatic carbocycles. The molecule has 3 aromatic heterocycles. The lowest BCUT2D eigenvalue weighted by molar-refractivity contribution is -0.120. The van der Waals surface area contributed by atoms with Gasteiger partial charge in [0.1, 0.15) is 22.9 Å². The lowest BCUT2D eigenvalue weighted by Crippen LogP contribution is -2.29. The van der Waals surface area contributed by atoms with Crippen LogP contribution in [-0.2, 0) is 10.2 Å². The molecule has 0 radical (unpaired) electrons. The van der Waals surface area contributed by atoms with Crippen LogP contribution in [0.4, 0.5) is 13.2 Å². The molecule has 6 nitrogen and oxygen atoms in total. The van der Waals surface area contributed by atoms with Crippen LogP contribution in [-0.4, -0.2) is 25.8 Å². The molecule has 0 aliphatic heterocycles. The van der Waals surface area contributed by atoms with Gasteiger partial charge < -0.3 is 5.73 Å². The molecule has 9 heteroatoms. The predicted molar refractivity (Wildman–Crippen MR) is 88.5 cm³/mol. The van der Waals surface area contributed by atoms with Crippen LogP contribution in [0.5, 0.6) is 0 Å². The molecular formula is C18H12F3N5O. The molecule has 0 saturated heterocycles. The van der Waals surface area contributed by atoms with E-state index in [9.17, 15) is 18.0 Å². The molecule has 0 spiro atoms. The van der Waals surface area contributed by atoms with Crippen molar-refractivity contribution in [3.8, 4) is 22.6 Å². The third-order valence-corrected chi connectivity index (χ3v) is 4.54. The van der Waals surface area contributed by atoms with Crippen LogP contribution in [0.25, 0.3) is 22.6 Å². The fraction of sp³-hybridized carbons (Fsp3) is 0.167. The molecule has 0 aromatic carbocycles. The summed E-state index contributed by atoms with van der Waals surface area (Å²) in [6.07, 6.45) is 5.43. The van der Waals surface area contributed by atoms with Crippen molar-refractivity contribution in [2.24, 2.45) is 5.73 Å². The number of hydrogen-bond acceptors (Lipinski definition) is 5. The van der Waals surface area contributed by atoms with Crippen molar-refractivity contribution in [2.45, 2.75) is 18.3 Å². The van der Waals surface area contributed by atoms with E-state index in [0.29, 0.717) is 18.9 Å². The fourth-order valence-corrected chi connectivity index (χ4v) is 2.89. The standard InChI is InChI=1S/C18H12F3N5O/c19-9-5-11(20)15(24-6-9)16-14(10-1-4-23-7-12(10)21)25-8-13(26-16)18(2-3-18)17(22)27/h1,4-8H,2-3H2,(H2,22,27). The highest BCUT2D eigenvalue weighted by Gasteiger charge is 2.52. The topological polar surface area (TPSA) is 94.7 Å². The average Bonchev–Trinajstić information content (AvgIpc) is 3.44. The summed E-state index contributed by atoms with van der Waals surface area (Å²) in [5.41, 5.74) is 4.33. The van der Waals surface area contributed by atoms with E-state index >= 15 is 0 Å². The first-order valence-corrected chi connectivity index (χ1v) is 8.01. The molecule has 0 unspecified atom stereocenters. The molecule has 1 fully saturated rings. The van der Waals surface area contributed by atoms with Crippen LogP contribution < -0.4 is 5.73 Å². The number of carbonyl (C=O) groups is 1. The van der Waals surface area contributed by atoms with Gasteiger partial charge in [-0.3, -0.25) is 14.8 Å². The Bertz CT molecular complexity index is 1070. The van der Waals surface area contributed by atoms with Crippen LogP contribution in [0.2, 0.25) is 0 Å². The Hall–Kier alpha value is -3.36. The lowest BCUT2D eigenvalue weighted by Gasteiger charge is -2.14. The fourth-order valence-electron chi connectivity index (χ4n) is 2.89. The first kappa shape index (κ1) is 17.1. The van der Waals surface area contributed by atoms with Gasteiger partial charge in [0.25, 0.3) is 0 Å². The molecule has 4 rings (SSSR count). The van der Waals surface area contributed by atoms with Gasteiger partial charge in [0.15, 0.2) is 11.6 Å². The molecular weight excluding hydrogens is 359 g/mol. The molecule has 3 heterocycles. The number of aromatic nitrogens is 4. The Kier molecular flexibility index (Phi) is 3.87. The number of rotatable bonds is 4. The van der Waals surface area contributed by atoms with Crippen molar-refractivity contribution in [1.29, 1.82) is 0 Å². The maximum atomic E-state index is 14.4. The quantitative estimate of drug-likeness (QED) is 0.761. The van der Waals surface area contributed by atoms with E-state index in [0.717, 1.165) is 12.4 Å². The molecule has 1 saturated carbocycles. The second-order valence-electron chi connectivity index (χ2n) is 6.24. The normalized spacial score (nSPS) is 14.8. The zero-order valence-electron chi connectivity index (χ0n) is 13.8. The van der Waals surface area contributed by atoms with E-state index in [1.165, 1.54) is 18.5 Å². The second-order valence-corrected chi connectivity index (χ2v) is 6.24. The van der Waals surface area contributed by atoms with E-state index in [1.807, 2.05) is 0 Å². The van der Waals surface area contributed by atoms with Gasteiger partial charge in [0.2, 0.25) is 5.91 Å². The van der Waals surface area contributed by atoms with Crippen molar-refractivity contribution >= 4 is 5.91 Å². The number of nitrogens with zero attached hydrogens (tertiary/aromatic N) is 4.